The van der Waals surface area contributed by atoms with Crippen LogP contribution in [-0.2, 0) is 9.53 Å². The normalized spacial score (nSPS) is 11.4. The second kappa shape index (κ2) is 9.07. The molecule has 0 aliphatic heterocycles. The summed E-state index contributed by atoms with van der Waals surface area (Å²) < 4.78 is 10.6. The van der Waals surface area contributed by atoms with Gasteiger partial charge in [-0.2, -0.15) is 0 Å². The molecule has 1 aromatic heterocycles. The lowest BCUT2D eigenvalue weighted by molar-refractivity contribution is -0.129. The zero-order valence-electron chi connectivity index (χ0n) is 15.3. The number of esters is 1. The van der Waals surface area contributed by atoms with Crippen LogP contribution in [0.2, 0.25) is 5.02 Å². The Bertz CT molecular complexity index is 1030. The van der Waals surface area contributed by atoms with Crippen molar-refractivity contribution in [2.24, 2.45) is 0 Å². The van der Waals surface area contributed by atoms with Crippen LogP contribution in [0.1, 0.15) is 27.8 Å². The summed E-state index contributed by atoms with van der Waals surface area (Å²) in [5.74, 6) is -1.68. The number of hydrogen-bond acceptors (Lipinski definition) is 5. The third kappa shape index (κ3) is 5.03. The molecule has 148 valence electrons. The van der Waals surface area contributed by atoms with E-state index in [1.54, 1.807) is 60.7 Å². The van der Waals surface area contributed by atoms with Crippen molar-refractivity contribution < 1.29 is 23.5 Å². The van der Waals surface area contributed by atoms with Crippen LogP contribution in [-0.4, -0.2) is 23.9 Å². The number of furan rings is 1. The molecule has 0 fully saturated rings. The quantitative estimate of drug-likeness (QED) is 0.493. The molecular formula is C21H17ClN2O5. The monoisotopic (exact) mass is 412 g/mol. The number of halogens is 1. The van der Waals surface area contributed by atoms with Crippen LogP contribution in [0.25, 0.3) is 11.3 Å². The summed E-state index contributed by atoms with van der Waals surface area (Å²) in [5, 5.41) is 0.476. The lowest BCUT2D eigenvalue weighted by atomic mass is 10.2. The van der Waals surface area contributed by atoms with E-state index in [-0.39, 0.29) is 5.76 Å². The zero-order valence-corrected chi connectivity index (χ0v) is 16.1. The number of ether oxygens (including phenoxy) is 1. The predicted octanol–water partition coefficient (Wildman–Crippen LogP) is 3.61. The van der Waals surface area contributed by atoms with Crippen LogP contribution in [0.3, 0.4) is 0 Å². The summed E-state index contributed by atoms with van der Waals surface area (Å²) in [4.78, 5) is 36.2. The van der Waals surface area contributed by atoms with Gasteiger partial charge in [0.15, 0.2) is 6.10 Å². The number of amides is 2. The molecule has 7 nitrogen and oxygen atoms in total. The second-order valence-corrected chi connectivity index (χ2v) is 6.41. The molecule has 0 saturated heterocycles. The van der Waals surface area contributed by atoms with Crippen LogP contribution in [0.4, 0.5) is 0 Å². The first-order valence-corrected chi connectivity index (χ1v) is 9.04. The van der Waals surface area contributed by atoms with E-state index in [2.05, 4.69) is 10.9 Å². The third-order valence-electron chi connectivity index (χ3n) is 3.93. The molecule has 1 atom stereocenters. The molecule has 3 rings (SSSR count). The second-order valence-electron chi connectivity index (χ2n) is 6.00. The highest BCUT2D eigenvalue weighted by atomic mass is 35.5. The molecular weight excluding hydrogens is 396 g/mol. The Morgan fingerprint density at radius 3 is 2.34 bits per heavy atom. The number of benzene rings is 2. The number of hydrogen-bond donors (Lipinski definition) is 2. The van der Waals surface area contributed by atoms with E-state index in [4.69, 9.17) is 20.8 Å². The predicted molar refractivity (Wildman–Crippen MR) is 106 cm³/mol. The van der Waals surface area contributed by atoms with Crippen molar-refractivity contribution in [1.82, 2.24) is 10.9 Å². The van der Waals surface area contributed by atoms with Gasteiger partial charge in [-0.3, -0.25) is 20.4 Å². The van der Waals surface area contributed by atoms with Crippen LogP contribution in [0.15, 0.2) is 71.1 Å². The molecule has 0 aliphatic carbocycles. The number of nitrogens with one attached hydrogen (secondary N) is 2. The average Bonchev–Trinajstić information content (AvgIpc) is 3.22. The molecule has 0 saturated carbocycles. The van der Waals surface area contributed by atoms with Crippen LogP contribution < -0.4 is 10.9 Å². The van der Waals surface area contributed by atoms with Crippen molar-refractivity contribution in [2.75, 3.05) is 0 Å². The van der Waals surface area contributed by atoms with Crippen molar-refractivity contribution in [2.45, 2.75) is 13.0 Å². The van der Waals surface area contributed by atoms with Gasteiger partial charge in [-0.1, -0.05) is 41.9 Å². The maximum atomic E-state index is 12.2. The minimum Gasteiger partial charge on any atom is -0.449 e. The first-order valence-electron chi connectivity index (χ1n) is 8.66. The number of carbonyl (C=O) groups is 3. The molecule has 0 spiro atoms. The Hall–Kier alpha value is -3.58. The minimum atomic E-state index is -1.16. The number of rotatable bonds is 5. The van der Waals surface area contributed by atoms with Gasteiger partial charge >= 0.3 is 5.97 Å². The first-order chi connectivity index (χ1) is 14.0. The molecule has 3 aromatic rings. The van der Waals surface area contributed by atoms with Gasteiger partial charge in [0.2, 0.25) is 5.76 Å². The molecule has 0 radical (unpaired) electrons. The number of hydrazine groups is 1. The van der Waals surface area contributed by atoms with Crippen LogP contribution in [0, 0.1) is 0 Å². The highest BCUT2D eigenvalue weighted by molar-refractivity contribution is 6.33. The summed E-state index contributed by atoms with van der Waals surface area (Å²) in [6, 6.07) is 18.4. The fourth-order valence-electron chi connectivity index (χ4n) is 2.41. The standard InChI is InChI=1S/C21H17ClN2O5/c1-13(19(25)23-24-20(26)14-7-3-2-4-8-14)28-21(27)18-12-11-17(29-18)15-9-5-6-10-16(15)22/h2-13H,1H3,(H,23,25)(H,24,26)/t13-/m1/s1. The Balaban J connectivity index is 1.55. The van der Waals surface area contributed by atoms with Gasteiger partial charge in [-0.15, -0.1) is 0 Å². The maximum Gasteiger partial charge on any atom is 0.375 e. The average molecular weight is 413 g/mol. The molecule has 2 N–H and O–H groups in total. The molecule has 1 heterocycles. The third-order valence-corrected chi connectivity index (χ3v) is 4.26. The highest BCUT2D eigenvalue weighted by Crippen LogP contribution is 2.29. The summed E-state index contributed by atoms with van der Waals surface area (Å²) in [6.45, 7) is 1.37. The Morgan fingerprint density at radius 1 is 0.931 bits per heavy atom. The molecule has 0 aliphatic rings. The fraction of sp³-hybridized carbons (Fsp3) is 0.0952. The van der Waals surface area contributed by atoms with Gasteiger partial charge in [-0.05, 0) is 43.3 Å². The minimum absolute atomic E-state index is 0.0760. The summed E-state index contributed by atoms with van der Waals surface area (Å²) in [5.41, 5.74) is 5.47. The van der Waals surface area contributed by atoms with E-state index in [0.29, 0.717) is 21.9 Å². The van der Waals surface area contributed by atoms with Gasteiger partial charge in [0.25, 0.3) is 11.8 Å². The number of carbonyl (C=O) groups excluding carboxylic acids is 3. The van der Waals surface area contributed by atoms with Gasteiger partial charge < -0.3 is 9.15 Å². The lowest BCUT2D eigenvalue weighted by Gasteiger charge is -2.13. The Kier molecular flexibility index (Phi) is 6.31. The van der Waals surface area contributed by atoms with E-state index in [1.807, 2.05) is 0 Å². The van der Waals surface area contributed by atoms with Gasteiger partial charge in [0.1, 0.15) is 5.76 Å². The van der Waals surface area contributed by atoms with Gasteiger partial charge in [-0.25, -0.2) is 4.79 Å². The molecule has 0 unspecified atom stereocenters. The van der Waals surface area contributed by atoms with Crippen molar-refractivity contribution in [3.63, 3.8) is 0 Å². The first kappa shape index (κ1) is 20.2. The summed E-state index contributed by atoms with van der Waals surface area (Å²) in [7, 11) is 0. The SMILES string of the molecule is C[C@@H](OC(=O)c1ccc(-c2ccccc2Cl)o1)C(=O)NNC(=O)c1ccccc1. The van der Waals surface area contributed by atoms with E-state index in [0.717, 1.165) is 0 Å². The van der Waals surface area contributed by atoms with Crippen molar-refractivity contribution >= 4 is 29.4 Å². The maximum absolute atomic E-state index is 12.2. The summed E-state index contributed by atoms with van der Waals surface area (Å²) in [6.07, 6.45) is -1.16. The topological polar surface area (TPSA) is 97.6 Å². The van der Waals surface area contributed by atoms with Crippen molar-refractivity contribution in [1.29, 1.82) is 0 Å². The molecule has 2 aromatic carbocycles. The van der Waals surface area contributed by atoms with Gasteiger partial charge in [0, 0.05) is 11.1 Å². The Morgan fingerprint density at radius 2 is 1.62 bits per heavy atom. The van der Waals surface area contributed by atoms with Crippen molar-refractivity contribution in [3.8, 4) is 11.3 Å². The Labute approximate surface area is 171 Å². The van der Waals surface area contributed by atoms with Crippen LogP contribution in [0.5, 0.6) is 0 Å². The molecule has 8 heteroatoms. The molecule has 2 amide bonds. The fourth-order valence-corrected chi connectivity index (χ4v) is 2.64. The lowest BCUT2D eigenvalue weighted by Crippen LogP contribution is -2.46. The van der Waals surface area contributed by atoms with Crippen LogP contribution >= 0.6 is 11.6 Å². The molecule has 29 heavy (non-hydrogen) atoms. The van der Waals surface area contributed by atoms with Gasteiger partial charge in [0.05, 0.1) is 5.02 Å². The van der Waals surface area contributed by atoms with Crippen molar-refractivity contribution in [3.05, 3.63) is 83.1 Å². The zero-order chi connectivity index (χ0) is 20.8. The largest absolute Gasteiger partial charge is 0.449 e. The van der Waals surface area contributed by atoms with E-state index in [1.165, 1.54) is 13.0 Å². The van der Waals surface area contributed by atoms with E-state index in [9.17, 15) is 14.4 Å². The highest BCUT2D eigenvalue weighted by Gasteiger charge is 2.22. The van der Waals surface area contributed by atoms with E-state index < -0.39 is 23.9 Å². The molecule has 0 bridgehead atoms. The smallest absolute Gasteiger partial charge is 0.375 e. The van der Waals surface area contributed by atoms with E-state index >= 15 is 0 Å². The summed E-state index contributed by atoms with van der Waals surface area (Å²) >= 11 is 6.11.